The van der Waals surface area contributed by atoms with Crippen LogP contribution in [0.15, 0.2) is 98.1 Å². The van der Waals surface area contributed by atoms with Crippen molar-refractivity contribution in [2.24, 2.45) is 0 Å². The van der Waals surface area contributed by atoms with Gasteiger partial charge < -0.3 is 14.5 Å². The molecule has 0 aliphatic carbocycles. The molecule has 0 radical (unpaired) electrons. The zero-order chi connectivity index (χ0) is 25.8. The summed E-state index contributed by atoms with van der Waals surface area (Å²) in [4.78, 5) is 19.5. The highest BCUT2D eigenvalue weighted by Crippen LogP contribution is 2.18. The monoisotopic (exact) mass is 472 g/mol. The third kappa shape index (κ3) is 6.41. The molecule has 1 N–H and O–H groups in total. The Bertz CT molecular complexity index is 1470. The van der Waals surface area contributed by atoms with Gasteiger partial charge in [0.15, 0.2) is 0 Å². The van der Waals surface area contributed by atoms with Crippen LogP contribution in [-0.2, 0) is 4.79 Å². The number of amides is 1. The number of carbonyl (C=O) groups is 1. The maximum atomic E-state index is 11.5. The quantitative estimate of drug-likeness (QED) is 0.348. The van der Waals surface area contributed by atoms with Crippen molar-refractivity contribution in [3.8, 4) is 18.2 Å². The molecule has 4 aromatic rings. The topological polar surface area (TPSA) is 136 Å². The second-order valence-corrected chi connectivity index (χ2v) is 7.12. The number of carbonyl (C=O) groups excluding carboxylic acids is 1. The fraction of sp³-hybridized carbons (Fsp3) is 0.0370. The van der Waals surface area contributed by atoms with Crippen LogP contribution in [0.25, 0.3) is 11.4 Å². The Balaban J connectivity index is 0.000000202. The average Bonchev–Trinajstić information content (AvgIpc) is 3.66. The predicted molar refractivity (Wildman–Crippen MR) is 133 cm³/mol. The first kappa shape index (κ1) is 24.9. The smallest absolute Gasteiger partial charge is 0.245 e. The second kappa shape index (κ2) is 12.5. The third-order valence-corrected chi connectivity index (χ3v) is 4.90. The minimum atomic E-state index is -0.201. The summed E-state index contributed by atoms with van der Waals surface area (Å²) in [6, 6.07) is 20.2. The van der Waals surface area contributed by atoms with Crippen LogP contribution in [0, 0.1) is 34.0 Å². The fourth-order valence-electron chi connectivity index (χ4n) is 3.11. The molecule has 0 aliphatic heterocycles. The van der Waals surface area contributed by atoms with Gasteiger partial charge in [0.1, 0.15) is 0 Å². The number of nitriles is 3. The summed E-state index contributed by atoms with van der Waals surface area (Å²) >= 11 is 0. The summed E-state index contributed by atoms with van der Waals surface area (Å²) in [6.07, 6.45) is 13.0. The molecule has 9 heteroatoms. The highest BCUT2D eigenvalue weighted by Gasteiger charge is 2.07. The van der Waals surface area contributed by atoms with Crippen molar-refractivity contribution in [3.63, 3.8) is 0 Å². The molecule has 1 amide bonds. The van der Waals surface area contributed by atoms with Gasteiger partial charge in [0, 0.05) is 44.0 Å². The van der Waals surface area contributed by atoms with Crippen LogP contribution in [0.1, 0.15) is 22.3 Å². The van der Waals surface area contributed by atoms with E-state index in [2.05, 4.69) is 27.4 Å². The molecule has 0 fully saturated rings. The van der Waals surface area contributed by atoms with Crippen LogP contribution in [-0.4, -0.2) is 32.1 Å². The lowest BCUT2D eigenvalue weighted by molar-refractivity contribution is -0.116. The molecule has 36 heavy (non-hydrogen) atoms. The summed E-state index contributed by atoms with van der Waals surface area (Å²) in [5, 5.41) is 28.8. The summed E-state index contributed by atoms with van der Waals surface area (Å²) in [5.41, 5.74) is 4.30. The van der Waals surface area contributed by atoms with Crippen molar-refractivity contribution in [2.75, 3.05) is 7.05 Å². The van der Waals surface area contributed by atoms with E-state index >= 15 is 0 Å². The molecule has 2 aromatic heterocycles. The molecule has 0 bridgehead atoms. The van der Waals surface area contributed by atoms with Gasteiger partial charge in [-0.25, -0.2) is 9.97 Å². The minimum absolute atomic E-state index is 0.201. The van der Waals surface area contributed by atoms with Gasteiger partial charge in [0.2, 0.25) is 5.91 Å². The summed E-state index contributed by atoms with van der Waals surface area (Å²) in [7, 11) is 1.57. The van der Waals surface area contributed by atoms with Gasteiger partial charge in [0.25, 0.3) is 0 Å². The number of hydrogen-bond acceptors (Lipinski definition) is 6. The van der Waals surface area contributed by atoms with Gasteiger partial charge in [-0.3, -0.25) is 4.79 Å². The van der Waals surface area contributed by atoms with Crippen LogP contribution in [0.4, 0.5) is 0 Å². The number of benzene rings is 2. The maximum absolute atomic E-state index is 11.5. The van der Waals surface area contributed by atoms with Gasteiger partial charge in [-0.05, 0) is 35.4 Å². The SMILES string of the molecule is CNC(=O)/C=C(\c1ccc(C#N)cc1)n1ccnc1.N#CC=C(c1ccc(C#N)cc1)n1ccnc1. The first-order chi connectivity index (χ1) is 17.6. The number of rotatable bonds is 5. The third-order valence-electron chi connectivity index (χ3n) is 4.90. The lowest BCUT2D eigenvalue weighted by atomic mass is 10.1. The Morgan fingerprint density at radius 1 is 0.806 bits per heavy atom. The first-order valence-corrected chi connectivity index (χ1v) is 10.6. The van der Waals surface area contributed by atoms with E-state index in [4.69, 9.17) is 15.8 Å². The molecule has 9 nitrogen and oxygen atoms in total. The summed E-state index contributed by atoms with van der Waals surface area (Å²) < 4.78 is 3.50. The summed E-state index contributed by atoms with van der Waals surface area (Å²) in [5.74, 6) is -0.201. The highest BCUT2D eigenvalue weighted by atomic mass is 16.1. The Kier molecular flexibility index (Phi) is 8.65. The van der Waals surface area contributed by atoms with Gasteiger partial charge in [-0.15, -0.1) is 0 Å². The van der Waals surface area contributed by atoms with Gasteiger partial charge in [0.05, 0.1) is 53.4 Å². The molecule has 0 saturated heterocycles. The van der Waals surface area contributed by atoms with Gasteiger partial charge in [-0.1, -0.05) is 24.3 Å². The molecule has 4 rings (SSSR count). The number of aromatic nitrogens is 4. The van der Waals surface area contributed by atoms with Crippen molar-refractivity contribution in [1.29, 1.82) is 15.8 Å². The normalized spacial score (nSPS) is 10.7. The lowest BCUT2D eigenvalue weighted by Gasteiger charge is -2.08. The largest absolute Gasteiger partial charge is 0.356 e. The van der Waals surface area contributed by atoms with E-state index in [9.17, 15) is 4.79 Å². The molecule has 2 heterocycles. The van der Waals surface area contributed by atoms with Crippen molar-refractivity contribution in [1.82, 2.24) is 24.4 Å². The van der Waals surface area contributed by atoms with Crippen LogP contribution in [0.5, 0.6) is 0 Å². The molecule has 0 unspecified atom stereocenters. The van der Waals surface area contributed by atoms with E-state index in [1.807, 2.05) is 18.2 Å². The van der Waals surface area contributed by atoms with E-state index in [-0.39, 0.29) is 5.91 Å². The van der Waals surface area contributed by atoms with Crippen LogP contribution in [0.3, 0.4) is 0 Å². The zero-order valence-corrected chi connectivity index (χ0v) is 19.3. The lowest BCUT2D eigenvalue weighted by Crippen LogP contribution is -2.16. The van der Waals surface area contributed by atoms with Crippen molar-refractivity contribution in [2.45, 2.75) is 0 Å². The zero-order valence-electron chi connectivity index (χ0n) is 19.3. The predicted octanol–water partition coefficient (Wildman–Crippen LogP) is 3.56. The van der Waals surface area contributed by atoms with E-state index < -0.39 is 0 Å². The molecule has 0 aliphatic rings. The maximum Gasteiger partial charge on any atom is 0.245 e. The Morgan fingerprint density at radius 2 is 1.28 bits per heavy atom. The van der Waals surface area contributed by atoms with Gasteiger partial charge >= 0.3 is 0 Å². The minimum Gasteiger partial charge on any atom is -0.356 e. The fourth-order valence-corrected chi connectivity index (χ4v) is 3.11. The second-order valence-electron chi connectivity index (χ2n) is 7.12. The molecule has 2 aromatic carbocycles. The first-order valence-electron chi connectivity index (χ1n) is 10.6. The number of nitrogens with zero attached hydrogens (tertiary/aromatic N) is 7. The number of hydrogen-bond donors (Lipinski definition) is 1. The molecule has 0 spiro atoms. The van der Waals surface area contributed by atoms with Crippen molar-refractivity contribution >= 4 is 17.3 Å². The standard InChI is InChI=1S/C14H12N4O.C13H8N4/c1-16-14(19)8-13(18-7-6-17-10-18)12-4-2-11(9-15)3-5-12;14-6-5-13(17-8-7-16-10-17)12-3-1-11(9-15)2-4-12/h2-8,10H,1H3,(H,16,19);1-5,7-8,10H/b13-8+;. The van der Waals surface area contributed by atoms with E-state index in [1.54, 1.807) is 90.0 Å². The Morgan fingerprint density at radius 3 is 1.67 bits per heavy atom. The van der Waals surface area contributed by atoms with E-state index in [0.29, 0.717) is 16.8 Å². The number of allylic oxidation sites excluding steroid dienone is 1. The van der Waals surface area contributed by atoms with Crippen molar-refractivity contribution < 1.29 is 4.79 Å². The Labute approximate surface area is 208 Å². The van der Waals surface area contributed by atoms with Gasteiger partial charge in [-0.2, -0.15) is 15.8 Å². The van der Waals surface area contributed by atoms with Crippen molar-refractivity contribution in [3.05, 3.63) is 120 Å². The van der Waals surface area contributed by atoms with Crippen LogP contribution < -0.4 is 5.32 Å². The number of imidazole rings is 2. The number of likely N-dealkylation sites (N-methyl/N-ethyl adjacent to an activating group) is 1. The average molecular weight is 473 g/mol. The molecular weight excluding hydrogens is 452 g/mol. The van der Waals surface area contributed by atoms with E-state index in [1.165, 1.54) is 12.2 Å². The summed E-state index contributed by atoms with van der Waals surface area (Å²) in [6.45, 7) is 0. The molecular formula is C27H20N8O. The molecule has 0 atom stereocenters. The number of nitrogens with one attached hydrogen (secondary N) is 1. The molecule has 174 valence electrons. The van der Waals surface area contributed by atoms with Crippen LogP contribution >= 0.6 is 0 Å². The highest BCUT2D eigenvalue weighted by molar-refractivity contribution is 5.95. The van der Waals surface area contributed by atoms with Crippen LogP contribution in [0.2, 0.25) is 0 Å². The molecule has 0 saturated carbocycles. The van der Waals surface area contributed by atoms with E-state index in [0.717, 1.165) is 16.8 Å². The Hall–Kier alpha value is -5.72.